The first-order valence-corrected chi connectivity index (χ1v) is 8.12. The van der Waals surface area contributed by atoms with Gasteiger partial charge in [-0.15, -0.1) is 0 Å². The molecule has 23 heavy (non-hydrogen) atoms. The van der Waals surface area contributed by atoms with Gasteiger partial charge in [0.05, 0.1) is 24.2 Å². The number of ether oxygens (including phenoxy) is 2. The number of fused-ring (bicyclic) bond motifs is 5. The molecule has 3 aliphatic rings. The van der Waals surface area contributed by atoms with Crippen LogP contribution >= 0.6 is 0 Å². The van der Waals surface area contributed by atoms with E-state index in [1.165, 1.54) is 0 Å². The molecule has 0 amide bonds. The van der Waals surface area contributed by atoms with Crippen molar-refractivity contribution in [3.63, 3.8) is 0 Å². The van der Waals surface area contributed by atoms with E-state index in [-0.39, 0.29) is 30.1 Å². The van der Waals surface area contributed by atoms with Crippen LogP contribution in [0.5, 0.6) is 0 Å². The van der Waals surface area contributed by atoms with Crippen LogP contribution in [-0.2, 0) is 15.3 Å². The number of aliphatic hydroxyl groups is 1. The first-order chi connectivity index (χ1) is 11.3. The first-order valence-electron chi connectivity index (χ1n) is 8.12. The third-order valence-electron chi connectivity index (χ3n) is 5.38. The molecule has 1 N–H and O–H groups in total. The second-order valence-electron chi connectivity index (χ2n) is 6.56. The SMILES string of the molecule is O[C@]1(c2ccccc2)O[C@@H](c2ccccc2)[C@@H]2[C@H]1[C@H]1C=C[C@H]2O1. The lowest BCUT2D eigenvalue weighted by Gasteiger charge is -2.31. The van der Waals surface area contributed by atoms with Crippen molar-refractivity contribution in [3.05, 3.63) is 83.9 Å². The van der Waals surface area contributed by atoms with Gasteiger partial charge in [-0.3, -0.25) is 0 Å². The quantitative estimate of drug-likeness (QED) is 0.866. The minimum atomic E-state index is -1.31. The van der Waals surface area contributed by atoms with Crippen LogP contribution in [0.25, 0.3) is 0 Å². The van der Waals surface area contributed by atoms with Gasteiger partial charge in [0.15, 0.2) is 5.79 Å². The maximum Gasteiger partial charge on any atom is 0.199 e. The topological polar surface area (TPSA) is 38.7 Å². The molecule has 5 rings (SSSR count). The molecule has 0 unspecified atom stereocenters. The van der Waals surface area contributed by atoms with Crippen molar-refractivity contribution in [3.8, 4) is 0 Å². The second-order valence-corrected chi connectivity index (χ2v) is 6.56. The first kappa shape index (κ1) is 13.5. The molecule has 2 bridgehead atoms. The lowest BCUT2D eigenvalue weighted by atomic mass is 9.75. The van der Waals surface area contributed by atoms with Crippen LogP contribution in [0.4, 0.5) is 0 Å². The highest BCUT2D eigenvalue weighted by atomic mass is 16.6. The van der Waals surface area contributed by atoms with Crippen LogP contribution in [0.15, 0.2) is 72.8 Å². The van der Waals surface area contributed by atoms with E-state index in [1.807, 2.05) is 48.5 Å². The van der Waals surface area contributed by atoms with Crippen molar-refractivity contribution in [2.75, 3.05) is 0 Å². The van der Waals surface area contributed by atoms with Crippen molar-refractivity contribution >= 4 is 0 Å². The molecule has 116 valence electrons. The van der Waals surface area contributed by atoms with E-state index in [2.05, 4.69) is 24.3 Å². The minimum absolute atomic E-state index is 0.0212. The highest BCUT2D eigenvalue weighted by molar-refractivity contribution is 5.32. The molecule has 0 spiro atoms. The molecular formula is C20H18O3. The molecule has 3 heterocycles. The van der Waals surface area contributed by atoms with Crippen LogP contribution in [0.3, 0.4) is 0 Å². The van der Waals surface area contributed by atoms with E-state index in [0.717, 1.165) is 11.1 Å². The highest BCUT2D eigenvalue weighted by Crippen LogP contribution is 2.60. The number of hydrogen-bond donors (Lipinski definition) is 1. The standard InChI is InChI=1S/C20H18O3/c21-20(14-9-5-2-6-10-14)18-16-12-11-15(22-16)17(18)19(23-20)13-7-3-1-4-8-13/h1-12,15-19,21H/t15-,16-,17+,18-,19+,20-/m1/s1. The Bertz CT molecular complexity index is 742. The molecule has 0 aliphatic carbocycles. The average Bonchev–Trinajstić information content (AvgIpc) is 3.30. The second kappa shape index (κ2) is 4.78. The molecule has 0 saturated carbocycles. The van der Waals surface area contributed by atoms with Gasteiger partial charge in [0.25, 0.3) is 0 Å². The minimum Gasteiger partial charge on any atom is -0.366 e. The van der Waals surface area contributed by atoms with Crippen LogP contribution < -0.4 is 0 Å². The molecule has 2 fully saturated rings. The predicted octanol–water partition coefficient (Wildman–Crippen LogP) is 3.17. The Labute approximate surface area is 135 Å². The molecule has 3 aliphatic heterocycles. The van der Waals surface area contributed by atoms with E-state index < -0.39 is 5.79 Å². The molecule has 0 radical (unpaired) electrons. The zero-order valence-corrected chi connectivity index (χ0v) is 12.6. The Balaban J connectivity index is 1.63. The molecular weight excluding hydrogens is 288 g/mol. The Morgan fingerprint density at radius 1 is 0.826 bits per heavy atom. The molecule has 6 atom stereocenters. The summed E-state index contributed by atoms with van der Waals surface area (Å²) in [7, 11) is 0. The van der Waals surface area contributed by atoms with Gasteiger partial charge in [-0.2, -0.15) is 0 Å². The summed E-state index contributed by atoms with van der Waals surface area (Å²) in [6.07, 6.45) is 3.96. The van der Waals surface area contributed by atoms with Crippen molar-refractivity contribution in [1.29, 1.82) is 0 Å². The molecule has 2 aromatic carbocycles. The van der Waals surface area contributed by atoms with E-state index in [0.29, 0.717) is 0 Å². The Morgan fingerprint density at radius 2 is 1.48 bits per heavy atom. The number of benzene rings is 2. The van der Waals surface area contributed by atoms with E-state index in [1.54, 1.807) is 0 Å². The van der Waals surface area contributed by atoms with Crippen LogP contribution in [0.2, 0.25) is 0 Å². The molecule has 2 saturated heterocycles. The Kier molecular flexibility index (Phi) is 2.80. The zero-order chi connectivity index (χ0) is 15.4. The van der Waals surface area contributed by atoms with Crippen molar-refractivity contribution in [2.45, 2.75) is 24.1 Å². The summed E-state index contributed by atoms with van der Waals surface area (Å²) in [4.78, 5) is 0. The summed E-state index contributed by atoms with van der Waals surface area (Å²) in [5.74, 6) is -1.25. The third-order valence-corrected chi connectivity index (χ3v) is 5.38. The Morgan fingerprint density at radius 3 is 2.22 bits per heavy atom. The fourth-order valence-electron chi connectivity index (χ4n) is 4.40. The van der Waals surface area contributed by atoms with Gasteiger partial charge in [-0.1, -0.05) is 72.8 Å². The lowest BCUT2D eigenvalue weighted by molar-refractivity contribution is -0.234. The molecule has 2 aromatic rings. The summed E-state index contributed by atoms with van der Waals surface area (Å²) >= 11 is 0. The van der Waals surface area contributed by atoms with Gasteiger partial charge in [0, 0.05) is 11.5 Å². The summed E-state index contributed by atoms with van der Waals surface area (Å²) in [5, 5.41) is 11.5. The summed E-state index contributed by atoms with van der Waals surface area (Å²) < 4.78 is 12.4. The van der Waals surface area contributed by atoms with E-state index in [4.69, 9.17) is 9.47 Å². The van der Waals surface area contributed by atoms with E-state index in [9.17, 15) is 5.11 Å². The lowest BCUT2D eigenvalue weighted by Crippen LogP contribution is -2.38. The van der Waals surface area contributed by atoms with Crippen LogP contribution in [0.1, 0.15) is 17.2 Å². The van der Waals surface area contributed by atoms with Crippen LogP contribution in [-0.4, -0.2) is 17.3 Å². The van der Waals surface area contributed by atoms with Gasteiger partial charge in [0.1, 0.15) is 0 Å². The smallest absolute Gasteiger partial charge is 0.199 e. The third kappa shape index (κ3) is 1.81. The van der Waals surface area contributed by atoms with Crippen molar-refractivity contribution in [1.82, 2.24) is 0 Å². The van der Waals surface area contributed by atoms with Gasteiger partial charge < -0.3 is 14.6 Å². The monoisotopic (exact) mass is 306 g/mol. The fourth-order valence-corrected chi connectivity index (χ4v) is 4.40. The Hall–Kier alpha value is -1.94. The van der Waals surface area contributed by atoms with E-state index >= 15 is 0 Å². The highest BCUT2D eigenvalue weighted by Gasteiger charge is 2.65. The van der Waals surface area contributed by atoms with Gasteiger partial charge in [-0.05, 0) is 5.56 Å². The summed E-state index contributed by atoms with van der Waals surface area (Å²) in [6, 6.07) is 19.8. The predicted molar refractivity (Wildman–Crippen MR) is 85.4 cm³/mol. The van der Waals surface area contributed by atoms with Crippen LogP contribution in [0, 0.1) is 11.8 Å². The summed E-state index contributed by atoms with van der Waals surface area (Å²) in [5.41, 5.74) is 1.90. The molecule has 3 nitrogen and oxygen atoms in total. The normalized spacial score (nSPS) is 40.5. The molecule has 0 aromatic heterocycles. The number of rotatable bonds is 2. The van der Waals surface area contributed by atoms with Gasteiger partial charge in [0.2, 0.25) is 0 Å². The van der Waals surface area contributed by atoms with Crippen molar-refractivity contribution < 1.29 is 14.6 Å². The summed E-state index contributed by atoms with van der Waals surface area (Å²) in [6.45, 7) is 0. The number of hydrogen-bond acceptors (Lipinski definition) is 3. The average molecular weight is 306 g/mol. The largest absolute Gasteiger partial charge is 0.366 e. The van der Waals surface area contributed by atoms with Crippen molar-refractivity contribution in [2.24, 2.45) is 11.8 Å². The maximum atomic E-state index is 11.5. The maximum absolute atomic E-state index is 11.5. The fraction of sp³-hybridized carbons (Fsp3) is 0.300. The van der Waals surface area contributed by atoms with Gasteiger partial charge in [-0.25, -0.2) is 0 Å². The molecule has 3 heteroatoms. The zero-order valence-electron chi connectivity index (χ0n) is 12.6. The van der Waals surface area contributed by atoms with Gasteiger partial charge >= 0.3 is 0 Å².